The fraction of sp³-hybridized carbons (Fsp3) is 0.533. The van der Waals surface area contributed by atoms with E-state index in [4.69, 9.17) is 10.5 Å². The maximum atomic E-state index is 11.5. The third-order valence-electron chi connectivity index (χ3n) is 4.44. The second-order valence-electron chi connectivity index (χ2n) is 5.68. The van der Waals surface area contributed by atoms with Crippen molar-refractivity contribution in [2.75, 3.05) is 17.7 Å². The minimum atomic E-state index is -0.375. The second-order valence-corrected chi connectivity index (χ2v) is 5.68. The molecule has 0 amide bonds. The Balaban J connectivity index is 1.90. The minimum Gasteiger partial charge on any atom is -0.465 e. The molecule has 2 aliphatic heterocycles. The van der Waals surface area contributed by atoms with E-state index < -0.39 is 0 Å². The van der Waals surface area contributed by atoms with Gasteiger partial charge in [0.15, 0.2) is 0 Å². The Labute approximate surface area is 118 Å². The number of hydrogen-bond acceptors (Lipinski definition) is 5. The van der Waals surface area contributed by atoms with Crippen LogP contribution in [0.25, 0.3) is 0 Å². The lowest BCUT2D eigenvalue weighted by Crippen LogP contribution is -2.45. The Hall–Kier alpha value is -1.75. The van der Waals surface area contributed by atoms with Crippen LogP contribution in [-0.2, 0) is 4.74 Å². The van der Waals surface area contributed by atoms with Crippen molar-refractivity contribution in [3.63, 3.8) is 0 Å². The standard InChI is InChI=1S/C15H20N2O3/c1-20-15(19)9-2-5-14(13(16)6-9)17-10-3-4-11(17)8-12(18)7-10/h2,5-6,10-12,18H,3-4,7-8,16H2,1H3. The van der Waals surface area contributed by atoms with Crippen LogP contribution in [0.2, 0.25) is 0 Å². The molecule has 0 saturated carbocycles. The molecule has 0 spiro atoms. The Bertz CT molecular complexity index is 518. The van der Waals surface area contributed by atoms with Gasteiger partial charge >= 0.3 is 5.97 Å². The van der Waals surface area contributed by atoms with Crippen LogP contribution in [0, 0.1) is 0 Å². The van der Waals surface area contributed by atoms with Crippen LogP contribution in [0.5, 0.6) is 0 Å². The first-order valence-corrected chi connectivity index (χ1v) is 7.04. The zero-order valence-corrected chi connectivity index (χ0v) is 11.6. The highest BCUT2D eigenvalue weighted by atomic mass is 16.5. The number of hydrogen-bond donors (Lipinski definition) is 2. The number of ether oxygens (including phenoxy) is 1. The normalized spacial score (nSPS) is 28.5. The van der Waals surface area contributed by atoms with E-state index in [9.17, 15) is 9.90 Å². The van der Waals surface area contributed by atoms with Crippen LogP contribution in [0.3, 0.4) is 0 Å². The Kier molecular flexibility index (Phi) is 3.30. The smallest absolute Gasteiger partial charge is 0.337 e. The number of fused-ring (bicyclic) bond motifs is 2. The van der Waals surface area contributed by atoms with Gasteiger partial charge in [0.2, 0.25) is 0 Å². The number of carbonyl (C=O) groups excluding carboxylic acids is 1. The molecule has 5 nitrogen and oxygen atoms in total. The summed E-state index contributed by atoms with van der Waals surface area (Å²) in [6.07, 6.45) is 3.60. The number of esters is 1. The number of piperidine rings is 1. The molecule has 1 aromatic carbocycles. The molecule has 5 heteroatoms. The monoisotopic (exact) mass is 276 g/mol. The summed E-state index contributed by atoms with van der Waals surface area (Å²) in [5.74, 6) is -0.375. The first-order chi connectivity index (χ1) is 9.60. The van der Waals surface area contributed by atoms with Gasteiger partial charge in [-0.15, -0.1) is 0 Å². The van der Waals surface area contributed by atoms with Crippen molar-refractivity contribution >= 4 is 17.3 Å². The van der Waals surface area contributed by atoms with Gasteiger partial charge in [0.05, 0.1) is 30.2 Å². The predicted octanol–water partition coefficient (Wildman–Crippen LogP) is 1.55. The molecule has 3 rings (SSSR count). The molecule has 108 valence electrons. The highest BCUT2D eigenvalue weighted by Gasteiger charge is 2.40. The summed E-state index contributed by atoms with van der Waals surface area (Å²) in [4.78, 5) is 13.8. The van der Waals surface area contributed by atoms with Crippen LogP contribution in [-0.4, -0.2) is 36.4 Å². The number of carbonyl (C=O) groups is 1. The molecule has 20 heavy (non-hydrogen) atoms. The number of nitrogens with zero attached hydrogens (tertiary/aromatic N) is 1. The largest absolute Gasteiger partial charge is 0.465 e. The average molecular weight is 276 g/mol. The molecule has 0 aromatic heterocycles. The highest BCUT2D eigenvalue weighted by Crippen LogP contribution is 2.41. The van der Waals surface area contributed by atoms with E-state index in [0.717, 1.165) is 31.4 Å². The summed E-state index contributed by atoms with van der Waals surface area (Å²) in [6, 6.07) is 6.03. The maximum Gasteiger partial charge on any atom is 0.337 e. The number of aliphatic hydroxyl groups excluding tert-OH is 1. The van der Waals surface area contributed by atoms with Crippen LogP contribution in [0.1, 0.15) is 36.0 Å². The molecule has 2 atom stereocenters. The lowest BCUT2D eigenvalue weighted by molar-refractivity contribution is 0.0601. The predicted molar refractivity (Wildman–Crippen MR) is 76.7 cm³/mol. The zero-order chi connectivity index (χ0) is 14.3. The second kappa shape index (κ2) is 4.98. The summed E-state index contributed by atoms with van der Waals surface area (Å²) < 4.78 is 4.70. The van der Waals surface area contributed by atoms with Crippen molar-refractivity contribution in [3.05, 3.63) is 23.8 Å². The topological polar surface area (TPSA) is 75.8 Å². The van der Waals surface area contributed by atoms with Crippen LogP contribution in [0.4, 0.5) is 11.4 Å². The van der Waals surface area contributed by atoms with Gasteiger partial charge in [-0.1, -0.05) is 0 Å². The van der Waals surface area contributed by atoms with E-state index in [1.807, 2.05) is 6.07 Å². The van der Waals surface area contributed by atoms with E-state index in [2.05, 4.69) is 4.90 Å². The van der Waals surface area contributed by atoms with Gasteiger partial charge in [-0.2, -0.15) is 0 Å². The quantitative estimate of drug-likeness (QED) is 0.633. The summed E-state index contributed by atoms with van der Waals surface area (Å²) >= 11 is 0. The first-order valence-electron chi connectivity index (χ1n) is 7.04. The summed E-state index contributed by atoms with van der Waals surface area (Å²) in [7, 11) is 1.36. The van der Waals surface area contributed by atoms with Crippen molar-refractivity contribution in [3.8, 4) is 0 Å². The number of anilines is 2. The molecule has 2 unspecified atom stereocenters. The average Bonchev–Trinajstić information content (AvgIpc) is 2.69. The molecule has 2 aliphatic rings. The Morgan fingerprint density at radius 1 is 1.35 bits per heavy atom. The molecule has 0 aliphatic carbocycles. The molecule has 2 saturated heterocycles. The number of nitrogen functional groups attached to an aromatic ring is 1. The molecule has 2 heterocycles. The van der Waals surface area contributed by atoms with Gasteiger partial charge in [0.25, 0.3) is 0 Å². The van der Waals surface area contributed by atoms with Crippen LogP contribution < -0.4 is 10.6 Å². The number of nitrogens with two attached hydrogens (primary N) is 1. The summed E-state index contributed by atoms with van der Waals surface area (Å²) in [5.41, 5.74) is 8.16. The number of rotatable bonds is 2. The Morgan fingerprint density at radius 3 is 2.55 bits per heavy atom. The van der Waals surface area contributed by atoms with Crippen molar-refractivity contribution in [1.29, 1.82) is 0 Å². The van der Waals surface area contributed by atoms with E-state index in [-0.39, 0.29) is 12.1 Å². The fourth-order valence-electron chi connectivity index (χ4n) is 3.58. The maximum absolute atomic E-state index is 11.5. The SMILES string of the molecule is COC(=O)c1ccc(N2C3CCC2CC(O)C3)c(N)c1. The highest BCUT2D eigenvalue weighted by molar-refractivity contribution is 5.92. The number of benzene rings is 1. The van der Waals surface area contributed by atoms with Gasteiger partial charge in [-0.25, -0.2) is 4.79 Å². The van der Waals surface area contributed by atoms with Crippen molar-refractivity contribution < 1.29 is 14.6 Å². The van der Waals surface area contributed by atoms with Crippen molar-refractivity contribution in [2.45, 2.75) is 43.9 Å². The van der Waals surface area contributed by atoms with Gasteiger partial charge in [0.1, 0.15) is 0 Å². The summed E-state index contributed by atoms with van der Waals surface area (Å²) in [6.45, 7) is 0. The molecular formula is C15H20N2O3. The van der Waals surface area contributed by atoms with Crippen LogP contribution in [0.15, 0.2) is 18.2 Å². The van der Waals surface area contributed by atoms with Crippen LogP contribution >= 0.6 is 0 Å². The first kappa shape index (κ1) is 13.2. The zero-order valence-electron chi connectivity index (χ0n) is 11.6. The molecule has 1 aromatic rings. The third-order valence-corrected chi connectivity index (χ3v) is 4.44. The van der Waals surface area contributed by atoms with Crippen molar-refractivity contribution in [1.82, 2.24) is 0 Å². The molecule has 2 fully saturated rings. The van der Waals surface area contributed by atoms with Crippen molar-refractivity contribution in [2.24, 2.45) is 0 Å². The molecule has 2 bridgehead atoms. The van der Waals surface area contributed by atoms with Gasteiger partial charge in [0, 0.05) is 12.1 Å². The lowest BCUT2D eigenvalue weighted by Gasteiger charge is -2.39. The number of methoxy groups -OCH3 is 1. The van der Waals surface area contributed by atoms with E-state index in [1.54, 1.807) is 12.1 Å². The lowest BCUT2D eigenvalue weighted by atomic mass is 9.98. The molecular weight excluding hydrogens is 256 g/mol. The van der Waals surface area contributed by atoms with Gasteiger partial charge in [-0.3, -0.25) is 0 Å². The Morgan fingerprint density at radius 2 is 2.00 bits per heavy atom. The van der Waals surface area contributed by atoms with E-state index >= 15 is 0 Å². The third kappa shape index (κ3) is 2.12. The van der Waals surface area contributed by atoms with Gasteiger partial charge in [-0.05, 0) is 43.9 Å². The minimum absolute atomic E-state index is 0.195. The van der Waals surface area contributed by atoms with E-state index in [1.165, 1.54) is 7.11 Å². The fourth-order valence-corrected chi connectivity index (χ4v) is 3.58. The number of aliphatic hydroxyl groups is 1. The van der Waals surface area contributed by atoms with Gasteiger partial charge < -0.3 is 20.5 Å². The van der Waals surface area contributed by atoms with E-state index in [0.29, 0.717) is 23.3 Å². The summed E-state index contributed by atoms with van der Waals surface area (Å²) in [5, 5.41) is 9.85. The molecule has 0 radical (unpaired) electrons. The molecule has 3 N–H and O–H groups in total.